The molecule has 0 N–H and O–H groups in total. The fourth-order valence-corrected chi connectivity index (χ4v) is 4.22. The summed E-state index contributed by atoms with van der Waals surface area (Å²) in [5, 5.41) is 9.08. The Morgan fingerprint density at radius 2 is 1.27 bits per heavy atom. The molecule has 2 nitrogen and oxygen atoms in total. The van der Waals surface area contributed by atoms with Gasteiger partial charge in [-0.1, -0.05) is 39.5 Å². The fourth-order valence-electron chi connectivity index (χ4n) is 4.22. The Bertz CT molecular complexity index is 256. The van der Waals surface area contributed by atoms with E-state index in [1.807, 2.05) is 0 Å². The lowest BCUT2D eigenvalue weighted by atomic mass is 9.81. The van der Waals surface area contributed by atoms with E-state index in [0.717, 1.165) is 11.8 Å². The van der Waals surface area contributed by atoms with Gasteiger partial charge in [0.25, 0.3) is 0 Å². The first-order valence-corrected chi connectivity index (χ1v) is 6.61. The van der Waals surface area contributed by atoms with Crippen LogP contribution in [0, 0.1) is 17.3 Å². The van der Waals surface area contributed by atoms with Crippen molar-refractivity contribution in [2.24, 2.45) is 27.5 Å². The number of nitrogens with zero attached hydrogens (tertiary/aromatic N) is 2. The number of hydrogen-bond donors (Lipinski definition) is 0. The van der Waals surface area contributed by atoms with E-state index in [1.54, 1.807) is 0 Å². The van der Waals surface area contributed by atoms with E-state index in [4.69, 9.17) is 0 Å². The average Bonchev–Trinajstić information content (AvgIpc) is 2.52. The van der Waals surface area contributed by atoms with Crippen molar-refractivity contribution in [1.29, 1.82) is 0 Å². The highest BCUT2D eigenvalue weighted by atomic mass is 15.2. The summed E-state index contributed by atoms with van der Waals surface area (Å²) in [6, 6.07) is 1.09. The van der Waals surface area contributed by atoms with Crippen molar-refractivity contribution < 1.29 is 0 Å². The zero-order valence-corrected chi connectivity index (χ0v) is 9.95. The third kappa shape index (κ3) is 1.29. The normalized spacial score (nSPS) is 47.3. The predicted molar refractivity (Wildman–Crippen MR) is 60.9 cm³/mol. The van der Waals surface area contributed by atoms with Crippen molar-refractivity contribution >= 4 is 0 Å². The topological polar surface area (TPSA) is 24.7 Å². The SMILES string of the molecule is CC1(C)[C@@H]2N=N[C@H]1[C@H]1CCCCCC[C@@H]12. The zero-order chi connectivity index (χ0) is 10.5. The van der Waals surface area contributed by atoms with Crippen LogP contribution in [-0.2, 0) is 0 Å². The molecule has 0 aromatic heterocycles. The van der Waals surface area contributed by atoms with E-state index in [1.165, 1.54) is 38.5 Å². The second-order valence-corrected chi connectivity index (χ2v) is 6.26. The lowest BCUT2D eigenvalue weighted by Crippen LogP contribution is -2.27. The highest BCUT2D eigenvalue weighted by Crippen LogP contribution is 2.56. The minimum absolute atomic E-state index is 0.361. The number of hydrogen-bond acceptors (Lipinski definition) is 2. The largest absolute Gasteiger partial charge is 0.190 e. The molecule has 2 saturated carbocycles. The summed E-state index contributed by atoms with van der Waals surface area (Å²) in [6.07, 6.45) is 8.56. The van der Waals surface area contributed by atoms with E-state index in [9.17, 15) is 0 Å². The molecule has 0 radical (unpaired) electrons. The molecular weight excluding hydrogens is 184 g/mol. The van der Waals surface area contributed by atoms with Gasteiger partial charge in [0.2, 0.25) is 0 Å². The molecule has 0 aromatic rings. The molecule has 0 unspecified atom stereocenters. The van der Waals surface area contributed by atoms with Crippen LogP contribution in [0.3, 0.4) is 0 Å². The standard InChI is InChI=1S/C13H22N2/c1-13(2)11-9-7-5-3-4-6-8-10(9)12(13)15-14-11/h9-12H,3-8H2,1-2H3/t9-,10-,11-,12+/m0/s1. The number of fused-ring (bicyclic) bond motifs is 5. The molecule has 0 aromatic carbocycles. The molecule has 4 atom stereocenters. The van der Waals surface area contributed by atoms with E-state index >= 15 is 0 Å². The summed E-state index contributed by atoms with van der Waals surface area (Å²) in [5.41, 5.74) is 0.361. The lowest BCUT2D eigenvalue weighted by molar-refractivity contribution is 0.246. The minimum Gasteiger partial charge on any atom is -0.190 e. The summed E-state index contributed by atoms with van der Waals surface area (Å²) in [6.45, 7) is 4.76. The van der Waals surface area contributed by atoms with E-state index in [0.29, 0.717) is 17.5 Å². The maximum Gasteiger partial charge on any atom is 0.0811 e. The van der Waals surface area contributed by atoms with Gasteiger partial charge in [-0.15, -0.1) is 0 Å². The molecule has 2 fully saturated rings. The highest BCUT2D eigenvalue weighted by Gasteiger charge is 2.58. The summed E-state index contributed by atoms with van der Waals surface area (Å²) in [5.74, 6) is 1.73. The van der Waals surface area contributed by atoms with Gasteiger partial charge >= 0.3 is 0 Å². The van der Waals surface area contributed by atoms with Crippen LogP contribution in [-0.4, -0.2) is 12.1 Å². The van der Waals surface area contributed by atoms with Gasteiger partial charge in [-0.2, -0.15) is 10.2 Å². The van der Waals surface area contributed by atoms with E-state index < -0.39 is 0 Å². The van der Waals surface area contributed by atoms with Crippen LogP contribution in [0.25, 0.3) is 0 Å². The Morgan fingerprint density at radius 3 is 1.73 bits per heavy atom. The maximum absolute atomic E-state index is 4.54. The lowest BCUT2D eigenvalue weighted by Gasteiger charge is -2.28. The Kier molecular flexibility index (Phi) is 2.15. The number of azo groups is 1. The van der Waals surface area contributed by atoms with Gasteiger partial charge in [0, 0.05) is 5.41 Å². The van der Waals surface area contributed by atoms with Crippen LogP contribution in [0.15, 0.2) is 10.2 Å². The highest BCUT2D eigenvalue weighted by molar-refractivity contribution is 5.12. The van der Waals surface area contributed by atoms with Crippen molar-refractivity contribution in [1.82, 2.24) is 0 Å². The van der Waals surface area contributed by atoms with Crippen molar-refractivity contribution in [2.45, 2.75) is 64.5 Å². The van der Waals surface area contributed by atoms with Gasteiger partial charge < -0.3 is 0 Å². The average molecular weight is 206 g/mol. The smallest absolute Gasteiger partial charge is 0.0811 e. The first-order valence-electron chi connectivity index (χ1n) is 6.61. The maximum atomic E-state index is 4.54. The molecule has 2 heteroatoms. The van der Waals surface area contributed by atoms with Crippen molar-refractivity contribution in [3.63, 3.8) is 0 Å². The van der Waals surface area contributed by atoms with E-state index in [2.05, 4.69) is 24.1 Å². The molecule has 1 heterocycles. The third-order valence-electron chi connectivity index (χ3n) is 5.03. The second-order valence-electron chi connectivity index (χ2n) is 6.26. The van der Waals surface area contributed by atoms with Crippen LogP contribution in [0.1, 0.15) is 52.4 Å². The van der Waals surface area contributed by atoms with E-state index in [-0.39, 0.29) is 0 Å². The molecule has 1 aliphatic heterocycles. The van der Waals surface area contributed by atoms with Crippen LogP contribution < -0.4 is 0 Å². The van der Waals surface area contributed by atoms with Gasteiger partial charge in [-0.3, -0.25) is 0 Å². The molecule has 0 saturated heterocycles. The van der Waals surface area contributed by atoms with Crippen molar-refractivity contribution in [2.75, 3.05) is 0 Å². The Morgan fingerprint density at radius 1 is 0.800 bits per heavy atom. The first-order chi connectivity index (χ1) is 7.21. The predicted octanol–water partition coefficient (Wildman–Crippen LogP) is 3.82. The van der Waals surface area contributed by atoms with Gasteiger partial charge in [-0.25, -0.2) is 0 Å². The van der Waals surface area contributed by atoms with Crippen LogP contribution in [0.2, 0.25) is 0 Å². The van der Waals surface area contributed by atoms with Gasteiger partial charge in [0.05, 0.1) is 12.1 Å². The summed E-state index contributed by atoms with van der Waals surface area (Å²) < 4.78 is 0. The molecule has 15 heavy (non-hydrogen) atoms. The number of rotatable bonds is 0. The molecular formula is C13H22N2. The molecule has 2 aliphatic carbocycles. The molecule has 0 amide bonds. The molecule has 3 aliphatic rings. The van der Waals surface area contributed by atoms with Crippen molar-refractivity contribution in [3.8, 4) is 0 Å². The Hall–Kier alpha value is -0.400. The second kappa shape index (κ2) is 3.29. The minimum atomic E-state index is 0.361. The summed E-state index contributed by atoms with van der Waals surface area (Å²) in [7, 11) is 0. The molecule has 3 rings (SSSR count). The third-order valence-corrected chi connectivity index (χ3v) is 5.03. The van der Waals surface area contributed by atoms with Gasteiger partial charge in [0.1, 0.15) is 0 Å². The van der Waals surface area contributed by atoms with Crippen LogP contribution in [0.5, 0.6) is 0 Å². The van der Waals surface area contributed by atoms with Gasteiger partial charge in [0.15, 0.2) is 0 Å². The summed E-state index contributed by atoms with van der Waals surface area (Å²) in [4.78, 5) is 0. The van der Waals surface area contributed by atoms with Gasteiger partial charge in [-0.05, 0) is 24.7 Å². The zero-order valence-electron chi connectivity index (χ0n) is 9.95. The van der Waals surface area contributed by atoms with Crippen LogP contribution in [0.4, 0.5) is 0 Å². The quantitative estimate of drug-likeness (QED) is 0.575. The molecule has 2 bridgehead atoms. The Balaban J connectivity index is 1.88. The first kappa shape index (κ1) is 9.80. The van der Waals surface area contributed by atoms with Crippen molar-refractivity contribution in [3.05, 3.63) is 0 Å². The van der Waals surface area contributed by atoms with Crippen LogP contribution >= 0.6 is 0 Å². The molecule has 84 valence electrons. The monoisotopic (exact) mass is 206 g/mol. The molecule has 0 spiro atoms. The fraction of sp³-hybridized carbons (Fsp3) is 1.00. The Labute approximate surface area is 92.5 Å². The summed E-state index contributed by atoms with van der Waals surface area (Å²) >= 11 is 0.